The quantitative estimate of drug-likeness (QED) is 0.697. The van der Waals surface area contributed by atoms with Gasteiger partial charge in [-0.15, -0.1) is 0 Å². The first-order valence-corrected chi connectivity index (χ1v) is 10.9. The van der Waals surface area contributed by atoms with Gasteiger partial charge in [-0.2, -0.15) is 21.1 Å². The van der Waals surface area contributed by atoms with Gasteiger partial charge in [-0.3, -0.25) is 5.43 Å². The normalized spacial score (nSPS) is 17.8. The second kappa shape index (κ2) is 7.84. The molecular weight excluding hydrogens is 394 g/mol. The Bertz CT molecular complexity index is 929. The average molecular weight is 418 g/mol. The van der Waals surface area contributed by atoms with Crippen molar-refractivity contribution < 1.29 is 21.6 Å². The lowest BCUT2D eigenvalue weighted by Gasteiger charge is -2.28. The minimum atomic E-state index is -4.64. The van der Waals surface area contributed by atoms with Gasteiger partial charge in [-0.05, 0) is 18.6 Å². The third-order valence-electron chi connectivity index (χ3n) is 3.80. The van der Waals surface area contributed by atoms with E-state index >= 15 is 0 Å². The molecule has 2 rings (SSSR count). The van der Waals surface area contributed by atoms with Crippen LogP contribution < -0.4 is 10.1 Å². The van der Waals surface area contributed by atoms with Crippen LogP contribution in [0.4, 0.5) is 4.79 Å². The Morgan fingerprint density at radius 1 is 1.19 bits per heavy atom. The topological polar surface area (TPSA) is 119 Å². The molecule has 10 nitrogen and oxygen atoms in total. The highest BCUT2D eigenvalue weighted by Crippen LogP contribution is 2.27. The second-order valence-electron chi connectivity index (χ2n) is 5.98. The van der Waals surface area contributed by atoms with Gasteiger partial charge < -0.3 is 0 Å². The maximum Gasteiger partial charge on any atom is 0.351 e. The number of hydrogen-bond donors (Lipinski definition) is 2. The summed E-state index contributed by atoms with van der Waals surface area (Å²) in [6, 6.07) is 7.48. The van der Waals surface area contributed by atoms with Crippen molar-refractivity contribution in [2.24, 2.45) is 0 Å². The van der Waals surface area contributed by atoms with Crippen molar-refractivity contribution in [3.8, 4) is 0 Å². The van der Waals surface area contributed by atoms with Crippen molar-refractivity contribution in [3.63, 3.8) is 0 Å². The minimum absolute atomic E-state index is 0.228. The number of carbonyl (C=O) groups excluding carboxylic acids is 1. The van der Waals surface area contributed by atoms with Crippen LogP contribution in [0.3, 0.4) is 0 Å². The molecule has 0 radical (unpaired) electrons. The Balaban J connectivity index is 2.27. The first kappa shape index (κ1) is 21.2. The average Bonchev–Trinajstić information content (AvgIpc) is 2.97. The molecule has 150 valence electrons. The molecule has 0 aromatic heterocycles. The number of rotatable bonds is 6. The molecule has 1 aromatic carbocycles. The molecule has 12 heteroatoms. The van der Waals surface area contributed by atoms with Crippen molar-refractivity contribution in [2.45, 2.75) is 19.9 Å². The summed E-state index contributed by atoms with van der Waals surface area (Å²) in [6.07, 6.45) is 1.76. The van der Waals surface area contributed by atoms with Gasteiger partial charge in [0.05, 0.1) is 0 Å². The van der Waals surface area contributed by atoms with Crippen molar-refractivity contribution in [2.75, 3.05) is 20.6 Å². The SMILES string of the molecule is CCN(S(=O)(=O)NC(=O)N1NC(C)=CC1c1ccccc1)S(=O)(=O)N(C)C. The molecule has 1 aliphatic rings. The zero-order valence-corrected chi connectivity index (χ0v) is 17.1. The molecule has 27 heavy (non-hydrogen) atoms. The molecule has 0 spiro atoms. The predicted octanol–water partition coefficient (Wildman–Crippen LogP) is 0.534. The minimum Gasteiger partial charge on any atom is -0.298 e. The molecule has 1 aliphatic heterocycles. The van der Waals surface area contributed by atoms with Gasteiger partial charge in [-0.1, -0.05) is 41.0 Å². The summed E-state index contributed by atoms with van der Waals surface area (Å²) >= 11 is 0. The van der Waals surface area contributed by atoms with Crippen LogP contribution in [0, 0.1) is 0 Å². The van der Waals surface area contributed by atoms with Crippen molar-refractivity contribution >= 4 is 26.4 Å². The third kappa shape index (κ3) is 4.40. The van der Waals surface area contributed by atoms with Crippen molar-refractivity contribution in [1.82, 2.24) is 23.2 Å². The van der Waals surface area contributed by atoms with Gasteiger partial charge in [-0.25, -0.2) is 14.5 Å². The summed E-state index contributed by atoms with van der Waals surface area (Å²) in [7, 11) is -6.51. The lowest BCUT2D eigenvalue weighted by atomic mass is 10.1. The molecule has 0 saturated heterocycles. The van der Waals surface area contributed by atoms with Gasteiger partial charge in [0.25, 0.3) is 10.2 Å². The van der Waals surface area contributed by atoms with E-state index in [1.807, 2.05) is 10.8 Å². The zero-order valence-electron chi connectivity index (χ0n) is 15.4. The van der Waals surface area contributed by atoms with Gasteiger partial charge in [0.1, 0.15) is 6.04 Å². The van der Waals surface area contributed by atoms with E-state index in [-0.39, 0.29) is 10.3 Å². The summed E-state index contributed by atoms with van der Waals surface area (Å²) in [6.45, 7) is 2.72. The fourth-order valence-corrected chi connectivity index (χ4v) is 5.49. The van der Waals surface area contributed by atoms with E-state index in [9.17, 15) is 21.6 Å². The van der Waals surface area contributed by atoms with Crippen LogP contribution in [0.15, 0.2) is 42.1 Å². The number of hydrogen-bond acceptors (Lipinski definition) is 6. The van der Waals surface area contributed by atoms with E-state index in [1.54, 1.807) is 37.3 Å². The van der Waals surface area contributed by atoms with Crippen LogP contribution in [0.5, 0.6) is 0 Å². The highest BCUT2D eigenvalue weighted by atomic mass is 32.3. The number of benzene rings is 1. The monoisotopic (exact) mass is 417 g/mol. The van der Waals surface area contributed by atoms with Crippen LogP contribution in [0.2, 0.25) is 0 Å². The number of amides is 2. The largest absolute Gasteiger partial charge is 0.351 e. The molecule has 2 N–H and O–H groups in total. The van der Waals surface area contributed by atoms with E-state index < -0.39 is 32.5 Å². The Hall–Kier alpha value is -2.15. The maximum atomic E-state index is 12.6. The Kier molecular flexibility index (Phi) is 6.14. The zero-order chi connectivity index (χ0) is 20.4. The smallest absolute Gasteiger partial charge is 0.298 e. The van der Waals surface area contributed by atoms with Crippen molar-refractivity contribution in [1.29, 1.82) is 0 Å². The number of carbonyl (C=O) groups is 1. The number of nitrogens with zero attached hydrogens (tertiary/aromatic N) is 3. The van der Waals surface area contributed by atoms with Gasteiger partial charge >= 0.3 is 16.2 Å². The summed E-state index contributed by atoms with van der Waals surface area (Å²) in [5.74, 6) is 0. The molecule has 1 heterocycles. The van der Waals surface area contributed by atoms with Crippen LogP contribution in [0.25, 0.3) is 0 Å². The fourth-order valence-electron chi connectivity index (χ4n) is 2.53. The number of hydrazine groups is 1. The Morgan fingerprint density at radius 2 is 1.78 bits per heavy atom. The molecule has 0 saturated carbocycles. The Labute approximate surface area is 159 Å². The molecule has 0 fully saturated rings. The lowest BCUT2D eigenvalue weighted by Crippen LogP contribution is -2.54. The fraction of sp³-hybridized carbons (Fsp3) is 0.400. The van der Waals surface area contributed by atoms with Gasteiger partial charge in [0.2, 0.25) is 0 Å². The van der Waals surface area contributed by atoms with Crippen LogP contribution in [0.1, 0.15) is 25.5 Å². The maximum absolute atomic E-state index is 12.6. The Morgan fingerprint density at radius 3 is 2.30 bits per heavy atom. The van der Waals surface area contributed by atoms with E-state index in [0.29, 0.717) is 5.70 Å². The van der Waals surface area contributed by atoms with Crippen LogP contribution in [-0.4, -0.2) is 56.5 Å². The highest BCUT2D eigenvalue weighted by Gasteiger charge is 2.38. The van der Waals surface area contributed by atoms with Crippen molar-refractivity contribution in [3.05, 3.63) is 47.7 Å². The first-order valence-electron chi connectivity index (χ1n) is 8.07. The lowest BCUT2D eigenvalue weighted by molar-refractivity contribution is 0.178. The van der Waals surface area contributed by atoms with Gasteiger partial charge in [0, 0.05) is 26.3 Å². The van der Waals surface area contributed by atoms with Crippen LogP contribution in [-0.2, 0) is 20.4 Å². The molecule has 1 atom stereocenters. The predicted molar refractivity (Wildman–Crippen MR) is 100 cm³/mol. The molecular formula is C15H23N5O5S2. The number of allylic oxidation sites excluding steroid dienone is 1. The third-order valence-corrected chi connectivity index (χ3v) is 7.88. The number of urea groups is 1. The van der Waals surface area contributed by atoms with E-state index in [0.717, 1.165) is 14.9 Å². The van der Waals surface area contributed by atoms with E-state index in [4.69, 9.17) is 0 Å². The van der Waals surface area contributed by atoms with Gasteiger partial charge in [0.15, 0.2) is 0 Å². The first-order chi connectivity index (χ1) is 12.5. The number of nitrogens with one attached hydrogen (secondary N) is 2. The molecule has 2 amide bonds. The molecule has 0 aliphatic carbocycles. The van der Waals surface area contributed by atoms with E-state index in [1.165, 1.54) is 21.0 Å². The summed E-state index contributed by atoms with van der Waals surface area (Å²) in [5.41, 5.74) is 4.21. The molecule has 1 aromatic rings. The summed E-state index contributed by atoms with van der Waals surface area (Å²) in [5, 5.41) is 1.10. The second-order valence-corrected chi connectivity index (χ2v) is 9.87. The van der Waals surface area contributed by atoms with E-state index in [2.05, 4.69) is 5.43 Å². The standard InChI is InChI=1S/C15H23N5O5S2/c1-5-19(27(24,25)18(3)4)26(22,23)17-15(21)20-14(11-12(2)16-20)13-9-7-6-8-10-13/h6-11,14,16H,5H2,1-4H3,(H,17,21). The molecule has 1 unspecified atom stereocenters. The highest BCUT2D eigenvalue weighted by molar-refractivity contribution is 8.02. The summed E-state index contributed by atoms with van der Waals surface area (Å²) in [4.78, 5) is 12.6. The van der Waals surface area contributed by atoms with Crippen LogP contribution >= 0.6 is 0 Å². The molecule has 0 bridgehead atoms. The summed E-state index contributed by atoms with van der Waals surface area (Å²) < 4.78 is 52.3.